The van der Waals surface area contributed by atoms with Crippen molar-refractivity contribution in [2.45, 2.75) is 11.4 Å². The molecule has 0 aromatic carbocycles. The number of carboxylic acids is 1. The van der Waals surface area contributed by atoms with Crippen LogP contribution >= 0.6 is 23.5 Å². The first-order valence-corrected chi connectivity index (χ1v) is 6.36. The van der Waals surface area contributed by atoms with Crippen molar-refractivity contribution in [1.29, 1.82) is 0 Å². The number of nitrogens with two attached hydrogens (primary N) is 1. The van der Waals surface area contributed by atoms with Crippen LogP contribution in [0.25, 0.3) is 0 Å². The van der Waals surface area contributed by atoms with Gasteiger partial charge in [-0.05, 0) is 5.41 Å². The smallest absolute Gasteiger partial charge is 0.321 e. The maximum absolute atomic E-state index is 11.5. The molecule has 1 aliphatic heterocycles. The van der Waals surface area contributed by atoms with E-state index in [-0.39, 0.29) is 22.7 Å². The maximum atomic E-state index is 11.5. The highest BCUT2D eigenvalue weighted by molar-refractivity contribution is 8.04. The number of thioether (sulfide) groups is 2. The van der Waals surface area contributed by atoms with E-state index in [1.54, 1.807) is 6.20 Å². The van der Waals surface area contributed by atoms with E-state index in [4.69, 9.17) is 10.8 Å². The number of ketones is 1. The second-order valence-electron chi connectivity index (χ2n) is 2.91. The van der Waals surface area contributed by atoms with Crippen molar-refractivity contribution < 1.29 is 14.7 Å². The molecule has 0 fully saturated rings. The fourth-order valence-corrected chi connectivity index (χ4v) is 2.58. The van der Waals surface area contributed by atoms with Gasteiger partial charge in [-0.2, -0.15) is 11.8 Å². The number of carbonyl (C=O) groups excluding carboxylic acids is 1. The lowest BCUT2D eigenvalue weighted by Crippen LogP contribution is -2.34. The molecular weight excluding hydrogens is 236 g/mol. The van der Waals surface area contributed by atoms with Gasteiger partial charge >= 0.3 is 5.97 Å². The monoisotopic (exact) mass is 248 g/mol. The molecule has 84 valence electrons. The van der Waals surface area contributed by atoms with Crippen LogP contribution in [0, 0.1) is 0 Å². The van der Waals surface area contributed by atoms with Gasteiger partial charge in [-0.25, -0.2) is 0 Å². The van der Waals surface area contributed by atoms with E-state index in [9.17, 15) is 9.59 Å². The van der Waals surface area contributed by atoms with Crippen molar-refractivity contribution in [3.63, 3.8) is 0 Å². The summed E-state index contributed by atoms with van der Waals surface area (Å²) >= 11 is 2.66. The quantitative estimate of drug-likeness (QED) is 0.601. The Hall–Kier alpha value is -0.660. The molecule has 1 heterocycles. The summed E-state index contributed by atoms with van der Waals surface area (Å²) in [5, 5.41) is 13.0. The highest BCUT2D eigenvalue weighted by Crippen LogP contribution is 2.18. The number of hydrogen-bond donors (Lipinski definition) is 3. The minimum atomic E-state index is -1.04. The molecule has 0 aliphatic carbocycles. The van der Waals surface area contributed by atoms with Gasteiger partial charge < -0.3 is 16.2 Å². The molecule has 0 radical (unpaired) electrons. The van der Waals surface area contributed by atoms with Gasteiger partial charge in [0.1, 0.15) is 11.4 Å². The molecule has 0 bridgehead atoms. The Bertz CT molecular complexity index is 275. The number of hydrogen-bond acceptors (Lipinski definition) is 6. The standard InChI is InChI=1S/C8H12N2O3S2/c9-5(8(12)13)3-14-4-6(11)7-10-1-2-15-7/h1-2,5,7,10H,3-4,9H2,(H,12,13). The third-order valence-electron chi connectivity index (χ3n) is 1.68. The van der Waals surface area contributed by atoms with Gasteiger partial charge in [0.25, 0.3) is 0 Å². The first-order valence-electron chi connectivity index (χ1n) is 4.26. The zero-order valence-electron chi connectivity index (χ0n) is 7.88. The molecular formula is C8H12N2O3S2. The summed E-state index contributed by atoms with van der Waals surface area (Å²) in [5.41, 5.74) is 5.29. The lowest BCUT2D eigenvalue weighted by Gasteiger charge is -2.09. The molecule has 4 N–H and O–H groups in total. The zero-order chi connectivity index (χ0) is 11.3. The van der Waals surface area contributed by atoms with Crippen LogP contribution < -0.4 is 11.1 Å². The van der Waals surface area contributed by atoms with E-state index in [2.05, 4.69) is 5.32 Å². The molecule has 0 aromatic rings. The Morgan fingerprint density at radius 1 is 1.67 bits per heavy atom. The highest BCUT2D eigenvalue weighted by Gasteiger charge is 2.20. The van der Waals surface area contributed by atoms with Crippen LogP contribution in [0.5, 0.6) is 0 Å². The lowest BCUT2D eigenvalue weighted by molar-refractivity contribution is -0.137. The van der Waals surface area contributed by atoms with E-state index in [1.165, 1.54) is 23.5 Å². The summed E-state index contributed by atoms with van der Waals surface area (Å²) in [5.74, 6) is -0.447. The van der Waals surface area contributed by atoms with Gasteiger partial charge in [0, 0.05) is 12.0 Å². The average Bonchev–Trinajstić information content (AvgIpc) is 2.70. The van der Waals surface area contributed by atoms with Crippen LogP contribution in [0.1, 0.15) is 0 Å². The van der Waals surface area contributed by atoms with E-state index in [0.29, 0.717) is 0 Å². The minimum absolute atomic E-state index is 0.0487. The van der Waals surface area contributed by atoms with Gasteiger partial charge in [0.15, 0.2) is 5.78 Å². The third kappa shape index (κ3) is 4.15. The lowest BCUT2D eigenvalue weighted by atomic mass is 10.4. The number of Topliss-reactive ketones (excluding diaryl/α,β-unsaturated/α-hetero) is 1. The Kier molecular flexibility index (Phi) is 5.00. The topological polar surface area (TPSA) is 92.4 Å². The van der Waals surface area contributed by atoms with Crippen LogP contribution in [-0.2, 0) is 9.59 Å². The fraction of sp³-hybridized carbons (Fsp3) is 0.500. The fourth-order valence-electron chi connectivity index (χ4n) is 0.886. The molecule has 1 aliphatic rings. The molecule has 0 amide bonds. The summed E-state index contributed by atoms with van der Waals surface area (Å²) in [6.45, 7) is 0. The number of rotatable bonds is 6. The summed E-state index contributed by atoms with van der Waals surface area (Å²) in [7, 11) is 0. The normalized spacial score (nSPS) is 21.0. The molecule has 2 unspecified atom stereocenters. The van der Waals surface area contributed by atoms with Crippen molar-refractivity contribution in [2.75, 3.05) is 11.5 Å². The van der Waals surface area contributed by atoms with Crippen molar-refractivity contribution in [1.82, 2.24) is 5.32 Å². The van der Waals surface area contributed by atoms with Crippen LogP contribution in [0.4, 0.5) is 0 Å². The molecule has 0 saturated heterocycles. The SMILES string of the molecule is NC(CSCC(=O)C1NC=CS1)C(=O)O. The Balaban J connectivity index is 2.14. The maximum Gasteiger partial charge on any atom is 0.321 e. The number of carboxylic acid groups (broad SMARTS) is 1. The molecule has 7 heteroatoms. The number of nitrogens with one attached hydrogen (secondary N) is 1. The first kappa shape index (κ1) is 12.4. The minimum Gasteiger partial charge on any atom is -0.480 e. The Labute approximate surface area is 95.9 Å². The van der Waals surface area contributed by atoms with Crippen LogP contribution in [-0.4, -0.2) is 39.8 Å². The van der Waals surface area contributed by atoms with Crippen molar-refractivity contribution in [3.8, 4) is 0 Å². The summed E-state index contributed by atoms with van der Waals surface area (Å²) in [6, 6.07) is -0.898. The van der Waals surface area contributed by atoms with Crippen LogP contribution in [0.2, 0.25) is 0 Å². The molecule has 1 rings (SSSR count). The molecule has 5 nitrogen and oxygen atoms in total. The van der Waals surface area contributed by atoms with Crippen molar-refractivity contribution >= 4 is 35.3 Å². The zero-order valence-corrected chi connectivity index (χ0v) is 9.51. The number of carbonyl (C=O) groups is 2. The second-order valence-corrected chi connectivity index (χ2v) is 4.96. The highest BCUT2D eigenvalue weighted by atomic mass is 32.2. The number of aliphatic carboxylic acids is 1. The summed E-state index contributed by atoms with van der Waals surface area (Å²) < 4.78 is 0. The van der Waals surface area contributed by atoms with Gasteiger partial charge in [0.05, 0.1) is 5.75 Å². The van der Waals surface area contributed by atoms with Gasteiger partial charge in [0.2, 0.25) is 0 Å². The van der Waals surface area contributed by atoms with E-state index >= 15 is 0 Å². The summed E-state index contributed by atoms with van der Waals surface area (Å²) in [4.78, 5) is 21.8. The average molecular weight is 248 g/mol. The molecule has 2 atom stereocenters. The third-order valence-corrected chi connectivity index (χ3v) is 3.73. The van der Waals surface area contributed by atoms with E-state index in [1.807, 2.05) is 5.41 Å². The first-order chi connectivity index (χ1) is 7.11. The molecule has 0 aromatic heterocycles. The van der Waals surface area contributed by atoms with E-state index in [0.717, 1.165) is 0 Å². The molecule has 15 heavy (non-hydrogen) atoms. The molecule has 0 saturated carbocycles. The van der Waals surface area contributed by atoms with Crippen LogP contribution in [0.3, 0.4) is 0 Å². The van der Waals surface area contributed by atoms with Gasteiger partial charge in [-0.3, -0.25) is 9.59 Å². The Morgan fingerprint density at radius 3 is 2.93 bits per heavy atom. The molecule has 0 spiro atoms. The van der Waals surface area contributed by atoms with Crippen LogP contribution in [0.15, 0.2) is 11.6 Å². The van der Waals surface area contributed by atoms with E-state index < -0.39 is 12.0 Å². The van der Waals surface area contributed by atoms with Crippen molar-refractivity contribution in [2.24, 2.45) is 5.73 Å². The summed E-state index contributed by atoms with van der Waals surface area (Å²) in [6.07, 6.45) is 1.72. The Morgan fingerprint density at radius 2 is 2.40 bits per heavy atom. The largest absolute Gasteiger partial charge is 0.480 e. The van der Waals surface area contributed by atoms with Gasteiger partial charge in [-0.1, -0.05) is 11.8 Å². The second kappa shape index (κ2) is 6.04. The predicted octanol–water partition coefficient (Wildman–Crippen LogP) is -0.166. The predicted molar refractivity (Wildman–Crippen MR) is 61.6 cm³/mol. The van der Waals surface area contributed by atoms with Crippen molar-refractivity contribution in [3.05, 3.63) is 11.6 Å². The van der Waals surface area contributed by atoms with Gasteiger partial charge in [-0.15, -0.1) is 0 Å².